The molecule has 7 nitrogen and oxygen atoms in total. The molecule has 140 valence electrons. The van der Waals surface area contributed by atoms with Crippen molar-refractivity contribution in [1.82, 2.24) is 9.62 Å². The second-order valence-corrected chi connectivity index (χ2v) is 8.72. The van der Waals surface area contributed by atoms with E-state index < -0.39 is 10.0 Å². The molecule has 1 aromatic rings. The first kappa shape index (κ1) is 18.6. The van der Waals surface area contributed by atoms with E-state index in [0.29, 0.717) is 24.5 Å². The van der Waals surface area contributed by atoms with Crippen LogP contribution in [0.25, 0.3) is 6.08 Å². The monoisotopic (exact) mass is 378 g/mol. The number of amides is 1. The first-order valence-corrected chi connectivity index (χ1v) is 9.90. The third kappa shape index (κ3) is 4.14. The molecular formula is C18H22N2O5S. The van der Waals surface area contributed by atoms with E-state index >= 15 is 0 Å². The molecule has 0 spiro atoms. The van der Waals surface area contributed by atoms with E-state index in [4.69, 9.17) is 9.47 Å². The maximum atomic E-state index is 12.7. The molecule has 3 rings (SSSR count). The third-order valence-electron chi connectivity index (χ3n) is 4.43. The first-order chi connectivity index (χ1) is 12.4. The van der Waals surface area contributed by atoms with Crippen LogP contribution in [0.5, 0.6) is 5.75 Å². The lowest BCUT2D eigenvalue weighted by Gasteiger charge is -2.21. The fourth-order valence-corrected chi connectivity index (χ4v) is 4.01. The Morgan fingerprint density at radius 1 is 1.27 bits per heavy atom. The zero-order valence-corrected chi connectivity index (χ0v) is 15.5. The van der Waals surface area contributed by atoms with Crippen molar-refractivity contribution in [3.8, 4) is 5.75 Å². The maximum Gasteiger partial charge on any atom is 0.251 e. The van der Waals surface area contributed by atoms with Gasteiger partial charge in [-0.2, -0.15) is 0 Å². The number of hydrogen-bond donors (Lipinski definition) is 1. The standard InChI is InChI=1S/C18H22N2O5S/c1-20(2)26(22,23)12-15-10-24-11-16(15)19-18(21)14-7-8-25-17-6-4-3-5-13(17)9-14/h3-9,15-16H,10-12H2,1-2H3,(H,19,21)/t15-,16-/m0/s1. The number of hydrogen-bond acceptors (Lipinski definition) is 5. The molecule has 0 radical (unpaired) electrons. The third-order valence-corrected chi connectivity index (χ3v) is 6.39. The normalized spacial score (nSPS) is 22.3. The van der Waals surface area contributed by atoms with Crippen LogP contribution in [0.2, 0.25) is 0 Å². The van der Waals surface area contributed by atoms with Crippen LogP contribution < -0.4 is 10.1 Å². The van der Waals surface area contributed by atoms with Crippen LogP contribution in [0.4, 0.5) is 0 Å². The minimum Gasteiger partial charge on any atom is -0.464 e. The molecule has 0 saturated carbocycles. The molecule has 1 aromatic carbocycles. The van der Waals surface area contributed by atoms with E-state index in [9.17, 15) is 13.2 Å². The van der Waals surface area contributed by atoms with Gasteiger partial charge in [0, 0.05) is 31.1 Å². The van der Waals surface area contributed by atoms with Crippen molar-refractivity contribution < 1.29 is 22.7 Å². The number of ether oxygens (including phenoxy) is 2. The predicted octanol–water partition coefficient (Wildman–Crippen LogP) is 0.999. The van der Waals surface area contributed by atoms with Crippen LogP contribution in [-0.2, 0) is 19.6 Å². The van der Waals surface area contributed by atoms with Gasteiger partial charge in [0.1, 0.15) is 5.75 Å². The Kier molecular flexibility index (Phi) is 5.45. The number of nitrogens with zero attached hydrogens (tertiary/aromatic N) is 1. The molecule has 1 N–H and O–H groups in total. The number of carbonyl (C=O) groups is 1. The summed E-state index contributed by atoms with van der Waals surface area (Å²) < 4.78 is 36.3. The van der Waals surface area contributed by atoms with Gasteiger partial charge in [-0.05, 0) is 18.2 Å². The highest BCUT2D eigenvalue weighted by molar-refractivity contribution is 7.89. The number of benzene rings is 1. The predicted molar refractivity (Wildman–Crippen MR) is 97.9 cm³/mol. The summed E-state index contributed by atoms with van der Waals surface area (Å²) in [6.07, 6.45) is 4.81. The SMILES string of the molecule is CN(C)S(=O)(=O)C[C@@H]1COC[C@@H]1NC(=O)C1=Cc2ccccc2OC=C1. The Bertz CT molecular complexity index is 845. The van der Waals surface area contributed by atoms with Gasteiger partial charge in [0.05, 0.1) is 31.3 Å². The fraction of sp³-hybridized carbons (Fsp3) is 0.389. The van der Waals surface area contributed by atoms with Gasteiger partial charge >= 0.3 is 0 Å². The number of rotatable bonds is 5. The molecule has 2 aliphatic heterocycles. The molecule has 2 aliphatic rings. The fourth-order valence-electron chi connectivity index (χ4n) is 2.84. The second-order valence-electron chi connectivity index (χ2n) is 6.50. The smallest absolute Gasteiger partial charge is 0.251 e. The summed E-state index contributed by atoms with van der Waals surface area (Å²) in [7, 11) is -0.373. The van der Waals surface area contributed by atoms with Crippen molar-refractivity contribution in [2.24, 2.45) is 5.92 Å². The van der Waals surface area contributed by atoms with Gasteiger partial charge in [-0.25, -0.2) is 12.7 Å². The number of sulfonamides is 1. The van der Waals surface area contributed by atoms with Crippen molar-refractivity contribution in [3.05, 3.63) is 47.7 Å². The number of para-hydroxylation sites is 1. The molecule has 0 bridgehead atoms. The lowest BCUT2D eigenvalue weighted by Crippen LogP contribution is -2.43. The first-order valence-electron chi connectivity index (χ1n) is 8.29. The molecule has 2 heterocycles. The second kappa shape index (κ2) is 7.61. The highest BCUT2D eigenvalue weighted by Crippen LogP contribution is 2.25. The Morgan fingerprint density at radius 2 is 2.04 bits per heavy atom. The Balaban J connectivity index is 1.72. The lowest BCUT2D eigenvalue weighted by molar-refractivity contribution is -0.118. The quantitative estimate of drug-likeness (QED) is 0.826. The molecule has 26 heavy (non-hydrogen) atoms. The number of fused-ring (bicyclic) bond motifs is 1. The summed E-state index contributed by atoms with van der Waals surface area (Å²) in [5.74, 6) is 0.0337. The van der Waals surface area contributed by atoms with Crippen molar-refractivity contribution >= 4 is 22.0 Å². The van der Waals surface area contributed by atoms with Crippen molar-refractivity contribution in [1.29, 1.82) is 0 Å². The lowest BCUT2D eigenvalue weighted by atomic mass is 10.0. The molecular weight excluding hydrogens is 356 g/mol. The van der Waals surface area contributed by atoms with Crippen molar-refractivity contribution in [2.75, 3.05) is 33.1 Å². The molecule has 0 unspecified atom stereocenters. The van der Waals surface area contributed by atoms with E-state index in [1.54, 1.807) is 12.2 Å². The van der Waals surface area contributed by atoms with Gasteiger partial charge in [0.25, 0.3) is 5.91 Å². The van der Waals surface area contributed by atoms with Crippen LogP contribution in [0, 0.1) is 5.92 Å². The van der Waals surface area contributed by atoms with Crippen LogP contribution >= 0.6 is 0 Å². The van der Waals surface area contributed by atoms with Gasteiger partial charge in [0.2, 0.25) is 10.0 Å². The summed E-state index contributed by atoms with van der Waals surface area (Å²) in [6.45, 7) is 0.599. The topological polar surface area (TPSA) is 84.9 Å². The van der Waals surface area contributed by atoms with Crippen molar-refractivity contribution in [2.45, 2.75) is 6.04 Å². The average Bonchev–Trinajstić information content (AvgIpc) is 2.89. The zero-order chi connectivity index (χ0) is 18.7. The van der Waals surface area contributed by atoms with Gasteiger partial charge < -0.3 is 14.8 Å². The highest BCUT2D eigenvalue weighted by atomic mass is 32.2. The van der Waals surface area contributed by atoms with E-state index in [1.807, 2.05) is 24.3 Å². The van der Waals surface area contributed by atoms with Crippen LogP contribution in [0.3, 0.4) is 0 Å². The molecule has 1 amide bonds. The van der Waals surface area contributed by atoms with Crippen LogP contribution in [0.15, 0.2) is 42.2 Å². The molecule has 0 aromatic heterocycles. The number of carbonyl (C=O) groups excluding carboxylic acids is 1. The van der Waals surface area contributed by atoms with Gasteiger partial charge in [0.15, 0.2) is 0 Å². The molecule has 0 aliphatic carbocycles. The van der Waals surface area contributed by atoms with E-state index in [2.05, 4.69) is 5.32 Å². The van der Waals surface area contributed by atoms with Crippen molar-refractivity contribution in [3.63, 3.8) is 0 Å². The van der Waals surface area contributed by atoms with Gasteiger partial charge in [-0.1, -0.05) is 18.2 Å². The summed E-state index contributed by atoms with van der Waals surface area (Å²) in [5, 5.41) is 2.90. The van der Waals surface area contributed by atoms with Gasteiger partial charge in [-0.3, -0.25) is 4.79 Å². The molecule has 2 atom stereocenters. The molecule has 1 saturated heterocycles. The zero-order valence-electron chi connectivity index (χ0n) is 14.7. The van der Waals surface area contributed by atoms with Crippen LogP contribution in [-0.4, -0.2) is 57.7 Å². The van der Waals surface area contributed by atoms with E-state index in [0.717, 1.165) is 5.56 Å². The Morgan fingerprint density at radius 3 is 2.81 bits per heavy atom. The Hall–Kier alpha value is -2.16. The van der Waals surface area contributed by atoms with E-state index in [1.165, 1.54) is 24.7 Å². The summed E-state index contributed by atoms with van der Waals surface area (Å²) in [5.41, 5.74) is 1.24. The largest absolute Gasteiger partial charge is 0.464 e. The minimum absolute atomic E-state index is 0.0637. The average molecular weight is 378 g/mol. The summed E-state index contributed by atoms with van der Waals surface area (Å²) >= 11 is 0. The Labute approximate surface area is 153 Å². The maximum absolute atomic E-state index is 12.7. The summed E-state index contributed by atoms with van der Waals surface area (Å²) in [6, 6.07) is 7.06. The highest BCUT2D eigenvalue weighted by Gasteiger charge is 2.34. The molecule has 1 fully saturated rings. The van der Waals surface area contributed by atoms with Gasteiger partial charge in [-0.15, -0.1) is 0 Å². The number of nitrogens with one attached hydrogen (secondary N) is 1. The molecule has 8 heteroatoms. The van der Waals surface area contributed by atoms with Crippen LogP contribution in [0.1, 0.15) is 5.56 Å². The summed E-state index contributed by atoms with van der Waals surface area (Å²) in [4.78, 5) is 12.7. The van der Waals surface area contributed by atoms with E-state index in [-0.39, 0.29) is 23.6 Å². The minimum atomic E-state index is -3.37.